The molecule has 1 unspecified atom stereocenters. The first-order chi connectivity index (χ1) is 9.54. The van der Waals surface area contributed by atoms with Gasteiger partial charge < -0.3 is 19.8 Å². The quantitative estimate of drug-likeness (QED) is 0.867. The number of phenolic OH excluding ortho intramolecular Hbond substituents is 1. The summed E-state index contributed by atoms with van der Waals surface area (Å²) in [7, 11) is 1.42. The van der Waals surface area contributed by atoms with Gasteiger partial charge in [0.25, 0.3) is 5.91 Å². The summed E-state index contributed by atoms with van der Waals surface area (Å²) in [5.74, 6) is -0.193. The standard InChI is InChI=1S/C13H15NO5S/c1-19-11-3-2-8(6-10(11)15)12(16)14-4-5-20-7-9(14)13(17)18/h2-3,6,9,15H,4-5,7H2,1H3,(H,17,18). The monoisotopic (exact) mass is 297 g/mol. The number of hydrogen-bond donors (Lipinski definition) is 2. The number of ether oxygens (including phenoxy) is 1. The summed E-state index contributed by atoms with van der Waals surface area (Å²) in [5.41, 5.74) is 0.251. The highest BCUT2D eigenvalue weighted by Crippen LogP contribution is 2.28. The number of nitrogens with zero attached hydrogens (tertiary/aromatic N) is 1. The summed E-state index contributed by atoms with van der Waals surface area (Å²) in [6.07, 6.45) is 0. The molecule has 1 aromatic rings. The number of methoxy groups -OCH3 is 1. The van der Waals surface area contributed by atoms with Crippen LogP contribution >= 0.6 is 11.8 Å². The zero-order valence-corrected chi connectivity index (χ0v) is 11.7. The molecule has 1 aromatic carbocycles. The molecule has 0 bridgehead atoms. The highest BCUT2D eigenvalue weighted by atomic mass is 32.2. The van der Waals surface area contributed by atoms with Crippen molar-refractivity contribution in [3.63, 3.8) is 0 Å². The van der Waals surface area contributed by atoms with Crippen molar-refractivity contribution in [2.75, 3.05) is 25.2 Å². The Morgan fingerprint density at radius 3 is 2.80 bits per heavy atom. The van der Waals surface area contributed by atoms with E-state index in [1.807, 2.05) is 0 Å². The molecule has 1 aliphatic heterocycles. The Hall–Kier alpha value is -1.89. The molecule has 1 fully saturated rings. The number of phenols is 1. The van der Waals surface area contributed by atoms with Crippen LogP contribution in [0.5, 0.6) is 11.5 Å². The van der Waals surface area contributed by atoms with E-state index >= 15 is 0 Å². The molecule has 7 heteroatoms. The van der Waals surface area contributed by atoms with Gasteiger partial charge in [-0.1, -0.05) is 0 Å². The molecule has 108 valence electrons. The number of rotatable bonds is 3. The first kappa shape index (κ1) is 14.5. The van der Waals surface area contributed by atoms with Gasteiger partial charge in [-0.05, 0) is 18.2 Å². The molecule has 1 amide bonds. The summed E-state index contributed by atoms with van der Waals surface area (Å²) in [4.78, 5) is 24.9. The number of hydrogen-bond acceptors (Lipinski definition) is 5. The minimum Gasteiger partial charge on any atom is -0.504 e. The predicted octanol–water partition coefficient (Wildman–Crippen LogP) is 1.04. The topological polar surface area (TPSA) is 87.1 Å². The van der Waals surface area contributed by atoms with E-state index in [1.54, 1.807) is 0 Å². The highest BCUT2D eigenvalue weighted by molar-refractivity contribution is 7.99. The summed E-state index contributed by atoms with van der Waals surface area (Å²) < 4.78 is 4.91. The first-order valence-corrected chi connectivity index (χ1v) is 7.18. The predicted molar refractivity (Wildman–Crippen MR) is 74.4 cm³/mol. The Morgan fingerprint density at radius 1 is 1.45 bits per heavy atom. The molecule has 0 radical (unpaired) electrons. The van der Waals surface area contributed by atoms with Crippen LogP contribution in [0.25, 0.3) is 0 Å². The molecular weight excluding hydrogens is 282 g/mol. The van der Waals surface area contributed by atoms with Gasteiger partial charge >= 0.3 is 5.97 Å². The van der Waals surface area contributed by atoms with E-state index < -0.39 is 17.9 Å². The van der Waals surface area contributed by atoms with Crippen LogP contribution in [0.2, 0.25) is 0 Å². The summed E-state index contributed by atoms with van der Waals surface area (Å²) >= 11 is 1.51. The second-order valence-electron chi connectivity index (χ2n) is 4.31. The SMILES string of the molecule is COc1ccc(C(=O)N2CCSCC2C(=O)O)cc1O. The van der Waals surface area contributed by atoms with E-state index in [0.717, 1.165) is 0 Å². The Labute approximate surface area is 120 Å². The van der Waals surface area contributed by atoms with E-state index in [1.165, 1.54) is 42.0 Å². The largest absolute Gasteiger partial charge is 0.504 e. The number of carbonyl (C=O) groups is 2. The van der Waals surface area contributed by atoms with Crippen molar-refractivity contribution in [3.8, 4) is 11.5 Å². The number of thioether (sulfide) groups is 1. The van der Waals surface area contributed by atoms with Crippen LogP contribution in [-0.4, -0.2) is 58.2 Å². The van der Waals surface area contributed by atoms with Gasteiger partial charge in [0.05, 0.1) is 7.11 Å². The zero-order valence-electron chi connectivity index (χ0n) is 10.9. The number of amides is 1. The van der Waals surface area contributed by atoms with Gasteiger partial charge in [0, 0.05) is 23.6 Å². The molecule has 2 rings (SSSR count). The van der Waals surface area contributed by atoms with Crippen molar-refractivity contribution < 1.29 is 24.5 Å². The van der Waals surface area contributed by atoms with Gasteiger partial charge in [-0.25, -0.2) is 4.79 Å². The van der Waals surface area contributed by atoms with Gasteiger partial charge in [-0.3, -0.25) is 4.79 Å². The highest BCUT2D eigenvalue weighted by Gasteiger charge is 2.33. The maximum absolute atomic E-state index is 12.4. The summed E-state index contributed by atoms with van der Waals surface area (Å²) in [5, 5.41) is 18.9. The van der Waals surface area contributed by atoms with Crippen LogP contribution in [0.4, 0.5) is 0 Å². The minimum absolute atomic E-state index is 0.142. The maximum atomic E-state index is 12.4. The van der Waals surface area contributed by atoms with E-state index in [9.17, 15) is 14.7 Å². The average molecular weight is 297 g/mol. The maximum Gasteiger partial charge on any atom is 0.327 e. The Balaban J connectivity index is 2.25. The Kier molecular flexibility index (Phi) is 4.39. The first-order valence-electron chi connectivity index (χ1n) is 6.03. The fraction of sp³-hybridized carbons (Fsp3) is 0.385. The number of aliphatic carboxylic acids is 1. The summed E-state index contributed by atoms with van der Waals surface area (Å²) in [6.45, 7) is 0.382. The molecule has 6 nitrogen and oxygen atoms in total. The number of carboxylic acids is 1. The number of aromatic hydroxyl groups is 1. The molecule has 1 atom stereocenters. The van der Waals surface area contributed by atoms with Crippen LogP contribution in [-0.2, 0) is 4.79 Å². The Morgan fingerprint density at radius 2 is 2.20 bits per heavy atom. The molecule has 0 aliphatic carbocycles. The number of carbonyl (C=O) groups excluding carboxylic acids is 1. The third kappa shape index (κ3) is 2.82. The second kappa shape index (κ2) is 6.04. The van der Waals surface area contributed by atoms with Gasteiger partial charge in [-0.2, -0.15) is 11.8 Å². The lowest BCUT2D eigenvalue weighted by atomic mass is 10.1. The van der Waals surface area contributed by atoms with Crippen molar-refractivity contribution in [2.45, 2.75) is 6.04 Å². The fourth-order valence-corrected chi connectivity index (χ4v) is 3.08. The van der Waals surface area contributed by atoms with Crippen LogP contribution in [0, 0.1) is 0 Å². The zero-order chi connectivity index (χ0) is 14.7. The normalized spacial score (nSPS) is 18.6. The van der Waals surface area contributed by atoms with Crippen molar-refractivity contribution in [1.29, 1.82) is 0 Å². The minimum atomic E-state index is -1.01. The molecule has 2 N–H and O–H groups in total. The van der Waals surface area contributed by atoms with Crippen LogP contribution < -0.4 is 4.74 Å². The van der Waals surface area contributed by atoms with Crippen molar-refractivity contribution in [2.24, 2.45) is 0 Å². The molecule has 1 heterocycles. The van der Waals surface area contributed by atoms with Crippen molar-refractivity contribution >= 4 is 23.6 Å². The molecule has 0 aromatic heterocycles. The third-order valence-electron chi connectivity index (χ3n) is 3.10. The molecule has 20 heavy (non-hydrogen) atoms. The number of benzene rings is 1. The van der Waals surface area contributed by atoms with E-state index in [4.69, 9.17) is 9.84 Å². The van der Waals surface area contributed by atoms with E-state index in [0.29, 0.717) is 18.1 Å². The van der Waals surface area contributed by atoms with Gasteiger partial charge in [0.1, 0.15) is 6.04 Å². The number of carboxylic acid groups (broad SMARTS) is 1. The summed E-state index contributed by atoms with van der Waals surface area (Å²) in [6, 6.07) is 3.46. The smallest absolute Gasteiger partial charge is 0.327 e. The average Bonchev–Trinajstić information content (AvgIpc) is 2.46. The van der Waals surface area contributed by atoms with Crippen LogP contribution in [0.3, 0.4) is 0 Å². The Bertz CT molecular complexity index is 533. The van der Waals surface area contributed by atoms with Gasteiger partial charge in [-0.15, -0.1) is 0 Å². The molecular formula is C13H15NO5S. The third-order valence-corrected chi connectivity index (χ3v) is 4.12. The lowest BCUT2D eigenvalue weighted by molar-refractivity contribution is -0.141. The lowest BCUT2D eigenvalue weighted by Gasteiger charge is -2.32. The van der Waals surface area contributed by atoms with Crippen molar-refractivity contribution in [3.05, 3.63) is 23.8 Å². The second-order valence-corrected chi connectivity index (χ2v) is 5.46. The van der Waals surface area contributed by atoms with E-state index in [-0.39, 0.29) is 17.1 Å². The molecule has 1 saturated heterocycles. The molecule has 0 spiro atoms. The van der Waals surface area contributed by atoms with Crippen LogP contribution in [0.1, 0.15) is 10.4 Å². The van der Waals surface area contributed by atoms with Gasteiger partial charge in [0.15, 0.2) is 11.5 Å². The lowest BCUT2D eigenvalue weighted by Crippen LogP contribution is -2.50. The van der Waals surface area contributed by atoms with Gasteiger partial charge in [0.2, 0.25) is 0 Å². The molecule has 1 aliphatic rings. The van der Waals surface area contributed by atoms with E-state index in [2.05, 4.69) is 0 Å². The fourth-order valence-electron chi connectivity index (χ4n) is 2.04. The van der Waals surface area contributed by atoms with Crippen LogP contribution in [0.15, 0.2) is 18.2 Å². The van der Waals surface area contributed by atoms with Crippen molar-refractivity contribution in [1.82, 2.24) is 4.90 Å². The molecule has 0 saturated carbocycles.